The molecular weight excluding hydrogens is 521 g/mol. The summed E-state index contributed by atoms with van der Waals surface area (Å²) in [5.74, 6) is -0.173. The van der Waals surface area contributed by atoms with Crippen LogP contribution in [0.3, 0.4) is 0 Å². The maximum atomic E-state index is 12.7. The fourth-order valence-corrected chi connectivity index (χ4v) is 5.04. The fraction of sp³-hybridized carbons (Fsp3) is 0.393. The summed E-state index contributed by atoms with van der Waals surface area (Å²) in [4.78, 5) is 37.3. The molecule has 0 aromatic heterocycles. The number of carbonyl (C=O) groups is 3. The van der Waals surface area contributed by atoms with Gasteiger partial charge in [-0.3, -0.25) is 19.3 Å². The van der Waals surface area contributed by atoms with E-state index in [1.54, 1.807) is 19.1 Å². The maximum Gasteiger partial charge on any atom is 0.323 e. The van der Waals surface area contributed by atoms with Gasteiger partial charge in [-0.25, -0.2) is 5.09 Å². The molecule has 210 valence electrons. The van der Waals surface area contributed by atoms with Gasteiger partial charge in [0.15, 0.2) is 0 Å². The molecule has 0 radical (unpaired) electrons. The minimum absolute atomic E-state index is 0.0285. The van der Waals surface area contributed by atoms with Crippen LogP contribution in [-0.4, -0.2) is 55.2 Å². The van der Waals surface area contributed by atoms with Gasteiger partial charge in [-0.05, 0) is 30.5 Å². The lowest BCUT2D eigenvalue weighted by Gasteiger charge is -2.25. The van der Waals surface area contributed by atoms with Crippen LogP contribution in [0, 0.1) is 11.8 Å². The third kappa shape index (κ3) is 9.14. The molecule has 3 rings (SSSR count). The molecule has 1 aliphatic heterocycles. The molecule has 2 amide bonds. The Labute approximate surface area is 230 Å². The molecule has 39 heavy (non-hydrogen) atoms. The largest absolute Gasteiger partial charge is 0.460 e. The maximum absolute atomic E-state index is 12.7. The van der Waals surface area contributed by atoms with Crippen molar-refractivity contribution in [2.24, 2.45) is 11.8 Å². The molecule has 2 N–H and O–H groups in total. The number of carbonyl (C=O) groups excluding carboxylic acids is 3. The monoisotopic (exact) mass is 557 g/mol. The molecule has 1 aliphatic rings. The first-order chi connectivity index (χ1) is 18.8. The van der Waals surface area contributed by atoms with Crippen LogP contribution in [-0.2, 0) is 35.0 Å². The Morgan fingerprint density at radius 1 is 1.08 bits per heavy atom. The topological polar surface area (TPSA) is 115 Å². The number of hydrogen-bond donors (Lipinski definition) is 2. The molecule has 1 saturated heterocycles. The lowest BCUT2D eigenvalue weighted by atomic mass is 9.93. The molecule has 0 aliphatic carbocycles. The van der Waals surface area contributed by atoms with E-state index in [9.17, 15) is 14.4 Å². The standard InChI is InChI=1S/C28H36N3O7P/c1-20-21(2)27(31(19-32)16-15-26(33)29-4)37-25(20)18-36-39(38-24-13-9-6-10-14-24)30-22(3)28(34)35-17-23-11-7-5-8-12-23/h5-16,19-22,25,27,30H,17-18H2,1-4H3,(H,29,33)/b16-15-. The zero-order valence-electron chi connectivity index (χ0n) is 22.6. The number of para-hydroxylation sites is 1. The van der Waals surface area contributed by atoms with Gasteiger partial charge >= 0.3 is 14.5 Å². The smallest absolute Gasteiger partial charge is 0.323 e. The summed E-state index contributed by atoms with van der Waals surface area (Å²) in [6, 6.07) is 17.9. The van der Waals surface area contributed by atoms with Gasteiger partial charge in [0.1, 0.15) is 24.6 Å². The van der Waals surface area contributed by atoms with Gasteiger partial charge in [-0.1, -0.05) is 62.4 Å². The Morgan fingerprint density at radius 2 is 1.74 bits per heavy atom. The van der Waals surface area contributed by atoms with E-state index in [4.69, 9.17) is 18.5 Å². The Hall–Kier alpha value is -3.30. The Balaban J connectivity index is 1.62. The molecule has 6 unspecified atom stereocenters. The Morgan fingerprint density at radius 3 is 2.38 bits per heavy atom. The first kappa shape index (κ1) is 30.2. The molecule has 2 aromatic rings. The molecule has 1 fully saturated rings. The number of likely N-dealkylation sites (N-methyl/N-ethyl adjacent to an activating group) is 1. The predicted octanol–water partition coefficient (Wildman–Crippen LogP) is 3.75. The number of esters is 1. The van der Waals surface area contributed by atoms with Crippen LogP contribution in [0.5, 0.6) is 5.75 Å². The zero-order chi connectivity index (χ0) is 28.2. The summed E-state index contributed by atoms with van der Waals surface area (Å²) in [5, 5.41) is 5.58. The number of hydrogen-bond acceptors (Lipinski definition) is 8. The number of benzene rings is 2. The summed E-state index contributed by atoms with van der Waals surface area (Å²) in [6.07, 6.45) is 2.39. The van der Waals surface area contributed by atoms with Gasteiger partial charge in [-0.2, -0.15) is 0 Å². The summed E-state index contributed by atoms with van der Waals surface area (Å²) in [7, 11) is -0.245. The van der Waals surface area contributed by atoms with E-state index in [0.717, 1.165) is 5.56 Å². The summed E-state index contributed by atoms with van der Waals surface area (Å²) >= 11 is 0. The van der Waals surface area contributed by atoms with Crippen molar-refractivity contribution in [3.63, 3.8) is 0 Å². The zero-order valence-corrected chi connectivity index (χ0v) is 23.5. The van der Waals surface area contributed by atoms with Crippen molar-refractivity contribution >= 4 is 26.8 Å². The molecule has 0 bridgehead atoms. The van der Waals surface area contributed by atoms with Crippen LogP contribution >= 0.6 is 8.53 Å². The molecule has 6 atom stereocenters. The lowest BCUT2D eigenvalue weighted by Crippen LogP contribution is -2.35. The molecule has 1 heterocycles. The highest BCUT2D eigenvalue weighted by Crippen LogP contribution is 2.40. The first-order valence-corrected chi connectivity index (χ1v) is 13.9. The summed E-state index contributed by atoms with van der Waals surface area (Å²) in [6.45, 7) is 6.00. The quantitative estimate of drug-likeness (QED) is 0.156. The fourth-order valence-electron chi connectivity index (χ4n) is 3.85. The van der Waals surface area contributed by atoms with E-state index in [1.807, 2.05) is 62.4 Å². The van der Waals surface area contributed by atoms with Gasteiger partial charge in [0.05, 0.1) is 12.7 Å². The van der Waals surface area contributed by atoms with Crippen molar-refractivity contribution in [2.75, 3.05) is 13.7 Å². The van der Waals surface area contributed by atoms with Crippen LogP contribution in [0.4, 0.5) is 0 Å². The lowest BCUT2D eigenvalue weighted by molar-refractivity contribution is -0.146. The highest BCUT2D eigenvalue weighted by molar-refractivity contribution is 7.45. The van der Waals surface area contributed by atoms with Crippen molar-refractivity contribution in [3.05, 3.63) is 78.5 Å². The van der Waals surface area contributed by atoms with Crippen LogP contribution < -0.4 is 14.9 Å². The Kier molecular flexibility index (Phi) is 11.9. The van der Waals surface area contributed by atoms with E-state index in [0.29, 0.717) is 12.2 Å². The molecule has 10 nitrogen and oxygen atoms in total. The number of nitrogens with zero attached hydrogens (tertiary/aromatic N) is 1. The second kappa shape index (κ2) is 15.3. The van der Waals surface area contributed by atoms with Gasteiger partial charge in [0, 0.05) is 25.2 Å². The predicted molar refractivity (Wildman–Crippen MR) is 147 cm³/mol. The number of amides is 2. The number of ether oxygens (including phenoxy) is 2. The minimum Gasteiger partial charge on any atom is -0.460 e. The van der Waals surface area contributed by atoms with Crippen molar-refractivity contribution in [1.82, 2.24) is 15.3 Å². The SMILES string of the molecule is CNC(=O)/C=C\N(C=O)C1OC(COP(NC(C)C(=O)OCc2ccccc2)Oc2ccccc2)C(C)C1C. The van der Waals surface area contributed by atoms with Crippen LogP contribution in [0.1, 0.15) is 26.3 Å². The van der Waals surface area contributed by atoms with E-state index in [2.05, 4.69) is 10.4 Å². The highest BCUT2D eigenvalue weighted by atomic mass is 31.2. The molecule has 0 saturated carbocycles. The molecular formula is C28H36N3O7P. The van der Waals surface area contributed by atoms with Crippen molar-refractivity contribution in [1.29, 1.82) is 0 Å². The van der Waals surface area contributed by atoms with E-state index < -0.39 is 26.8 Å². The van der Waals surface area contributed by atoms with Crippen molar-refractivity contribution in [2.45, 2.75) is 45.8 Å². The van der Waals surface area contributed by atoms with Gasteiger partial charge in [0.25, 0.3) is 0 Å². The average Bonchev–Trinajstić information content (AvgIpc) is 3.24. The molecule has 11 heteroatoms. The second-order valence-electron chi connectivity index (χ2n) is 9.17. The molecule has 2 aromatic carbocycles. The first-order valence-electron chi connectivity index (χ1n) is 12.7. The normalized spacial score (nSPS) is 22.2. The summed E-state index contributed by atoms with van der Waals surface area (Å²) in [5.41, 5.74) is 0.891. The third-order valence-corrected chi connectivity index (χ3v) is 7.76. The number of nitrogens with one attached hydrogen (secondary N) is 2. The van der Waals surface area contributed by atoms with Crippen LogP contribution in [0.25, 0.3) is 0 Å². The van der Waals surface area contributed by atoms with E-state index >= 15 is 0 Å². The second-order valence-corrected chi connectivity index (χ2v) is 10.4. The van der Waals surface area contributed by atoms with Gasteiger partial charge in [0.2, 0.25) is 12.3 Å². The third-order valence-electron chi connectivity index (χ3n) is 6.40. The average molecular weight is 558 g/mol. The van der Waals surface area contributed by atoms with Crippen LogP contribution in [0.15, 0.2) is 72.9 Å². The van der Waals surface area contributed by atoms with Crippen LogP contribution in [0.2, 0.25) is 0 Å². The molecule has 0 spiro atoms. The highest BCUT2D eigenvalue weighted by Gasteiger charge is 2.42. The van der Waals surface area contributed by atoms with Gasteiger partial charge in [-0.15, -0.1) is 0 Å². The van der Waals surface area contributed by atoms with Crippen molar-refractivity contribution < 1.29 is 32.9 Å². The van der Waals surface area contributed by atoms with Crippen molar-refractivity contribution in [3.8, 4) is 5.75 Å². The number of rotatable bonds is 14. The minimum atomic E-state index is -1.76. The van der Waals surface area contributed by atoms with E-state index in [1.165, 1.54) is 24.2 Å². The summed E-state index contributed by atoms with van der Waals surface area (Å²) < 4.78 is 23.8. The van der Waals surface area contributed by atoms with E-state index in [-0.39, 0.29) is 37.1 Å². The Bertz CT molecular complexity index is 1090. The van der Waals surface area contributed by atoms with Gasteiger partial charge < -0.3 is 23.8 Å².